The maximum atomic E-state index is 12.4. The number of ether oxygens (including phenoxy) is 1. The molecule has 1 amide bonds. The van der Waals surface area contributed by atoms with Crippen LogP contribution < -0.4 is 10.6 Å². The number of hydrogen-bond acceptors (Lipinski definition) is 6. The Labute approximate surface area is 153 Å². The zero-order chi connectivity index (χ0) is 18.8. The van der Waals surface area contributed by atoms with Crippen molar-refractivity contribution in [3.8, 4) is 6.07 Å². The highest BCUT2D eigenvalue weighted by molar-refractivity contribution is 5.99. The van der Waals surface area contributed by atoms with E-state index in [0.29, 0.717) is 44.0 Å². The topological polar surface area (TPSA) is 94.5 Å². The number of esters is 1. The van der Waals surface area contributed by atoms with Gasteiger partial charge in [0.15, 0.2) is 0 Å². The molecule has 7 heteroatoms. The van der Waals surface area contributed by atoms with E-state index in [1.165, 1.54) is 6.20 Å². The number of nitrogens with zero attached hydrogens (tertiary/aromatic N) is 2. The number of rotatable bonds is 7. The van der Waals surface area contributed by atoms with Crippen LogP contribution in [0.15, 0.2) is 36.0 Å². The second kappa shape index (κ2) is 10.2. The average Bonchev–Trinajstić information content (AvgIpc) is 2.69. The van der Waals surface area contributed by atoms with E-state index >= 15 is 0 Å². The minimum atomic E-state index is -0.429. The largest absolute Gasteiger partial charge is 0.462 e. The second-order valence-electron chi connectivity index (χ2n) is 5.89. The quantitative estimate of drug-likeness (QED) is 0.335. The van der Waals surface area contributed by atoms with Crippen molar-refractivity contribution in [2.75, 3.05) is 38.1 Å². The van der Waals surface area contributed by atoms with Crippen LogP contribution in [0.5, 0.6) is 0 Å². The van der Waals surface area contributed by atoms with Gasteiger partial charge in [0.05, 0.1) is 17.9 Å². The van der Waals surface area contributed by atoms with Crippen molar-refractivity contribution in [3.05, 3.63) is 41.6 Å². The summed E-state index contributed by atoms with van der Waals surface area (Å²) in [5, 5.41) is 15.4. The fraction of sp³-hybridized carbons (Fsp3) is 0.421. The van der Waals surface area contributed by atoms with E-state index in [4.69, 9.17) is 4.74 Å². The highest BCUT2D eigenvalue weighted by Crippen LogP contribution is 2.17. The molecule has 1 fully saturated rings. The molecule has 1 aliphatic rings. The lowest BCUT2D eigenvalue weighted by Crippen LogP contribution is -2.46. The third kappa shape index (κ3) is 5.33. The van der Waals surface area contributed by atoms with E-state index in [-0.39, 0.29) is 11.5 Å². The average molecular weight is 356 g/mol. The van der Waals surface area contributed by atoms with Crippen LogP contribution in [0.3, 0.4) is 0 Å². The Bertz CT molecular complexity index is 703. The normalized spacial score (nSPS) is 14.5. The molecule has 0 bridgehead atoms. The molecule has 1 aromatic carbocycles. The Morgan fingerprint density at radius 1 is 1.35 bits per heavy atom. The van der Waals surface area contributed by atoms with Gasteiger partial charge in [0, 0.05) is 32.4 Å². The number of para-hydroxylation sites is 1. The number of anilines is 1. The van der Waals surface area contributed by atoms with E-state index in [1.54, 1.807) is 29.2 Å². The molecule has 0 atom stereocenters. The van der Waals surface area contributed by atoms with Gasteiger partial charge < -0.3 is 20.3 Å². The summed E-state index contributed by atoms with van der Waals surface area (Å²) >= 11 is 0. The van der Waals surface area contributed by atoms with E-state index in [0.717, 1.165) is 12.8 Å². The first kappa shape index (κ1) is 19.5. The number of amides is 1. The highest BCUT2D eigenvalue weighted by Gasteiger charge is 2.20. The predicted molar refractivity (Wildman–Crippen MR) is 98.4 cm³/mol. The lowest BCUT2D eigenvalue weighted by Gasteiger charge is -2.27. The molecular formula is C19H24N4O3. The molecule has 1 heterocycles. The van der Waals surface area contributed by atoms with Crippen LogP contribution in [0.1, 0.15) is 30.1 Å². The van der Waals surface area contributed by atoms with Gasteiger partial charge in [0.2, 0.25) is 0 Å². The number of piperazine rings is 1. The van der Waals surface area contributed by atoms with Gasteiger partial charge in [-0.1, -0.05) is 25.5 Å². The third-order valence-corrected chi connectivity index (χ3v) is 4.01. The maximum absolute atomic E-state index is 12.4. The van der Waals surface area contributed by atoms with Gasteiger partial charge in [-0.05, 0) is 18.6 Å². The van der Waals surface area contributed by atoms with Crippen molar-refractivity contribution in [1.29, 1.82) is 5.26 Å². The van der Waals surface area contributed by atoms with Gasteiger partial charge >= 0.3 is 5.97 Å². The Morgan fingerprint density at radius 2 is 2.08 bits per heavy atom. The van der Waals surface area contributed by atoms with Crippen LogP contribution in [0.2, 0.25) is 0 Å². The Balaban J connectivity index is 2.09. The standard InChI is InChI=1S/C19H24N4O3/c1-2-3-12-26-19(25)16-6-4-5-7-17(16)22-14-15(13-20)18(24)23-10-8-21-9-11-23/h4-7,14,21-22H,2-3,8-12H2,1H3/b15-14-. The zero-order valence-electron chi connectivity index (χ0n) is 15.0. The van der Waals surface area contributed by atoms with Crippen LogP contribution in [0, 0.1) is 11.3 Å². The summed E-state index contributed by atoms with van der Waals surface area (Å²) in [4.78, 5) is 26.3. The third-order valence-electron chi connectivity index (χ3n) is 4.01. The van der Waals surface area contributed by atoms with Crippen molar-refractivity contribution in [2.24, 2.45) is 0 Å². The Morgan fingerprint density at radius 3 is 2.77 bits per heavy atom. The fourth-order valence-corrected chi connectivity index (χ4v) is 2.50. The molecule has 1 aliphatic heterocycles. The van der Waals surface area contributed by atoms with Crippen LogP contribution in [0.25, 0.3) is 0 Å². The SMILES string of the molecule is CCCCOC(=O)c1ccccc1N/C=C(/C#N)C(=O)N1CCNCC1. The van der Waals surface area contributed by atoms with Crippen molar-refractivity contribution >= 4 is 17.6 Å². The smallest absolute Gasteiger partial charge is 0.340 e. The molecular weight excluding hydrogens is 332 g/mol. The first-order chi connectivity index (χ1) is 12.7. The Kier molecular flexibility index (Phi) is 7.65. The molecule has 2 rings (SSSR count). The lowest BCUT2D eigenvalue weighted by molar-refractivity contribution is -0.127. The number of carbonyl (C=O) groups is 2. The molecule has 0 spiro atoms. The minimum Gasteiger partial charge on any atom is -0.462 e. The first-order valence-electron chi connectivity index (χ1n) is 8.80. The van der Waals surface area contributed by atoms with Crippen LogP contribution in [0.4, 0.5) is 5.69 Å². The van der Waals surface area contributed by atoms with Crippen LogP contribution in [-0.4, -0.2) is 49.6 Å². The molecule has 0 unspecified atom stereocenters. The summed E-state index contributed by atoms with van der Waals surface area (Å²) in [6.07, 6.45) is 3.09. The number of hydrogen-bond donors (Lipinski definition) is 2. The molecule has 138 valence electrons. The molecule has 0 radical (unpaired) electrons. The summed E-state index contributed by atoms with van der Waals surface area (Å²) in [7, 11) is 0. The zero-order valence-corrected chi connectivity index (χ0v) is 15.0. The van der Waals surface area contributed by atoms with Crippen LogP contribution in [-0.2, 0) is 9.53 Å². The Hall–Kier alpha value is -2.85. The van der Waals surface area contributed by atoms with Crippen molar-refractivity contribution in [3.63, 3.8) is 0 Å². The number of nitriles is 1. The number of carbonyl (C=O) groups excluding carboxylic acids is 2. The molecule has 26 heavy (non-hydrogen) atoms. The second-order valence-corrected chi connectivity index (χ2v) is 5.89. The maximum Gasteiger partial charge on any atom is 0.340 e. The number of nitrogens with one attached hydrogen (secondary N) is 2. The monoisotopic (exact) mass is 356 g/mol. The molecule has 2 N–H and O–H groups in total. The number of benzene rings is 1. The number of unbranched alkanes of at least 4 members (excludes halogenated alkanes) is 1. The van der Waals surface area contributed by atoms with E-state index < -0.39 is 5.97 Å². The molecule has 7 nitrogen and oxygen atoms in total. The molecule has 1 aromatic rings. The van der Waals surface area contributed by atoms with Gasteiger partial charge in [-0.25, -0.2) is 4.79 Å². The van der Waals surface area contributed by atoms with Gasteiger partial charge in [0.25, 0.3) is 5.91 Å². The van der Waals surface area contributed by atoms with E-state index in [1.807, 2.05) is 13.0 Å². The summed E-state index contributed by atoms with van der Waals surface area (Å²) < 4.78 is 5.24. The summed E-state index contributed by atoms with van der Waals surface area (Å²) in [5.74, 6) is -0.744. The van der Waals surface area contributed by atoms with Gasteiger partial charge in [-0.3, -0.25) is 4.79 Å². The lowest BCUT2D eigenvalue weighted by atomic mass is 10.1. The van der Waals surface area contributed by atoms with Gasteiger partial charge in [-0.2, -0.15) is 5.26 Å². The highest BCUT2D eigenvalue weighted by atomic mass is 16.5. The van der Waals surface area contributed by atoms with Crippen molar-refractivity contribution in [1.82, 2.24) is 10.2 Å². The minimum absolute atomic E-state index is 0.000975. The summed E-state index contributed by atoms with van der Waals surface area (Å²) in [6, 6.07) is 8.79. The molecule has 0 aliphatic carbocycles. The van der Waals surface area contributed by atoms with Gasteiger partial charge in [-0.15, -0.1) is 0 Å². The molecule has 0 saturated carbocycles. The summed E-state index contributed by atoms with van der Waals surface area (Å²) in [5.41, 5.74) is 0.864. The fourth-order valence-electron chi connectivity index (χ4n) is 2.50. The van der Waals surface area contributed by atoms with E-state index in [9.17, 15) is 14.9 Å². The molecule has 0 aromatic heterocycles. The predicted octanol–water partition coefficient (Wildman–Crippen LogP) is 1.89. The summed E-state index contributed by atoms with van der Waals surface area (Å²) in [6.45, 7) is 4.95. The van der Waals surface area contributed by atoms with Crippen molar-refractivity contribution < 1.29 is 14.3 Å². The van der Waals surface area contributed by atoms with E-state index in [2.05, 4.69) is 10.6 Å². The first-order valence-corrected chi connectivity index (χ1v) is 8.80. The van der Waals surface area contributed by atoms with Crippen molar-refractivity contribution in [2.45, 2.75) is 19.8 Å². The van der Waals surface area contributed by atoms with Crippen LogP contribution >= 0.6 is 0 Å². The molecule has 1 saturated heterocycles. The van der Waals surface area contributed by atoms with Gasteiger partial charge in [0.1, 0.15) is 11.6 Å².